The predicted octanol–water partition coefficient (Wildman–Crippen LogP) is 3.31. The number of ether oxygens (including phenoxy) is 1. The van der Waals surface area contributed by atoms with Gasteiger partial charge in [-0.15, -0.1) is 0 Å². The van der Waals surface area contributed by atoms with E-state index in [0.29, 0.717) is 17.9 Å². The van der Waals surface area contributed by atoms with Gasteiger partial charge in [0.1, 0.15) is 5.82 Å². The fourth-order valence-corrected chi connectivity index (χ4v) is 3.26. The summed E-state index contributed by atoms with van der Waals surface area (Å²) in [6, 6.07) is 7.37. The molecule has 124 valence electrons. The number of benzene rings is 1. The zero-order chi connectivity index (χ0) is 16.7. The van der Waals surface area contributed by atoms with Crippen molar-refractivity contribution in [2.45, 2.75) is 26.2 Å². The number of anilines is 1. The van der Waals surface area contributed by atoms with Gasteiger partial charge >= 0.3 is 0 Å². The number of fused-ring (bicyclic) bond motifs is 2. The van der Waals surface area contributed by atoms with Gasteiger partial charge in [-0.2, -0.15) is 5.10 Å². The molecule has 0 spiro atoms. The molecule has 1 N–H and O–H groups in total. The number of nitrogens with zero attached hydrogens (tertiary/aromatic N) is 2. The highest BCUT2D eigenvalue weighted by Gasteiger charge is 2.23. The average molecular weight is 325 g/mol. The first-order valence-corrected chi connectivity index (χ1v) is 8.19. The summed E-state index contributed by atoms with van der Waals surface area (Å²) in [5.41, 5.74) is 2.81. The molecular formula is C18H19N3O3. The van der Waals surface area contributed by atoms with Crippen molar-refractivity contribution in [2.24, 2.45) is 7.05 Å². The monoisotopic (exact) mass is 325 g/mol. The second-order valence-corrected chi connectivity index (χ2v) is 5.92. The zero-order valence-electron chi connectivity index (χ0n) is 13.8. The summed E-state index contributed by atoms with van der Waals surface area (Å²) < 4.78 is 13.0. The molecule has 1 aliphatic rings. The minimum atomic E-state index is -0.272. The average Bonchev–Trinajstić information content (AvgIpc) is 3.24. The molecule has 6 heteroatoms. The van der Waals surface area contributed by atoms with Gasteiger partial charge in [0.15, 0.2) is 17.1 Å². The fourth-order valence-electron chi connectivity index (χ4n) is 3.26. The third-order valence-electron chi connectivity index (χ3n) is 4.33. The summed E-state index contributed by atoms with van der Waals surface area (Å²) in [4.78, 5) is 12.6. The van der Waals surface area contributed by atoms with E-state index in [1.807, 2.05) is 32.2 Å². The highest BCUT2D eigenvalue weighted by atomic mass is 16.5. The summed E-state index contributed by atoms with van der Waals surface area (Å²) in [6.45, 7) is 2.46. The Morgan fingerprint density at radius 1 is 1.42 bits per heavy atom. The molecule has 3 aromatic rings. The molecule has 2 heterocycles. The topological polar surface area (TPSA) is 69.3 Å². The molecule has 0 saturated heterocycles. The Bertz CT molecular complexity index is 923. The highest BCUT2D eigenvalue weighted by molar-refractivity contribution is 6.05. The molecule has 1 aliphatic carbocycles. The lowest BCUT2D eigenvalue weighted by molar-refractivity contribution is 0.0997. The van der Waals surface area contributed by atoms with Gasteiger partial charge in [0, 0.05) is 18.0 Å². The van der Waals surface area contributed by atoms with Crippen LogP contribution < -0.4 is 10.1 Å². The predicted molar refractivity (Wildman–Crippen MR) is 90.6 cm³/mol. The van der Waals surface area contributed by atoms with Gasteiger partial charge < -0.3 is 14.5 Å². The first-order valence-electron chi connectivity index (χ1n) is 8.19. The standard InChI is InChI=1S/C18H19N3O3/c1-3-23-14-9-4-6-11-10-15(24-16(11)14)18(22)19-17-12-7-5-8-13(12)20-21(17)2/h4,6,9-10H,3,5,7-8H2,1-2H3,(H,19,22). The Balaban J connectivity index is 1.66. The quantitative estimate of drug-likeness (QED) is 0.799. The number of hydrogen-bond donors (Lipinski definition) is 1. The van der Waals surface area contributed by atoms with Crippen LogP contribution in [0.3, 0.4) is 0 Å². The van der Waals surface area contributed by atoms with E-state index in [0.717, 1.165) is 41.7 Å². The van der Waals surface area contributed by atoms with Crippen molar-refractivity contribution in [1.29, 1.82) is 0 Å². The van der Waals surface area contributed by atoms with Crippen molar-refractivity contribution >= 4 is 22.7 Å². The number of carbonyl (C=O) groups excluding carboxylic acids is 1. The van der Waals surface area contributed by atoms with Gasteiger partial charge in [-0.1, -0.05) is 12.1 Å². The van der Waals surface area contributed by atoms with Crippen molar-refractivity contribution in [3.8, 4) is 5.75 Å². The van der Waals surface area contributed by atoms with Crippen LogP contribution in [0.1, 0.15) is 35.2 Å². The maximum atomic E-state index is 12.6. The first-order chi connectivity index (χ1) is 11.7. The maximum Gasteiger partial charge on any atom is 0.292 e. The van der Waals surface area contributed by atoms with Crippen molar-refractivity contribution in [3.63, 3.8) is 0 Å². The summed E-state index contributed by atoms with van der Waals surface area (Å²) in [6.07, 6.45) is 3.01. The Morgan fingerprint density at radius 2 is 2.29 bits per heavy atom. The van der Waals surface area contributed by atoms with Gasteiger partial charge in [-0.25, -0.2) is 0 Å². The number of carbonyl (C=O) groups is 1. The van der Waals surface area contributed by atoms with Crippen LogP contribution in [0.5, 0.6) is 5.75 Å². The van der Waals surface area contributed by atoms with E-state index in [4.69, 9.17) is 9.15 Å². The van der Waals surface area contributed by atoms with Crippen LogP contribution in [0.15, 0.2) is 28.7 Å². The van der Waals surface area contributed by atoms with Crippen molar-refractivity contribution in [1.82, 2.24) is 9.78 Å². The number of amides is 1. The van der Waals surface area contributed by atoms with E-state index in [9.17, 15) is 4.79 Å². The van der Waals surface area contributed by atoms with E-state index in [2.05, 4.69) is 10.4 Å². The second-order valence-electron chi connectivity index (χ2n) is 5.92. The van der Waals surface area contributed by atoms with E-state index in [1.54, 1.807) is 10.7 Å². The molecule has 0 bridgehead atoms. The number of aromatic nitrogens is 2. The van der Waals surface area contributed by atoms with Crippen molar-refractivity contribution < 1.29 is 13.9 Å². The van der Waals surface area contributed by atoms with Gasteiger partial charge in [0.2, 0.25) is 0 Å². The number of nitrogens with one attached hydrogen (secondary N) is 1. The number of hydrogen-bond acceptors (Lipinski definition) is 4. The van der Waals surface area contributed by atoms with E-state index in [-0.39, 0.29) is 11.7 Å². The van der Waals surface area contributed by atoms with Gasteiger partial charge in [-0.05, 0) is 38.3 Å². The van der Waals surface area contributed by atoms with Crippen molar-refractivity contribution in [2.75, 3.05) is 11.9 Å². The Hall–Kier alpha value is -2.76. The smallest absolute Gasteiger partial charge is 0.292 e. The zero-order valence-corrected chi connectivity index (χ0v) is 13.8. The largest absolute Gasteiger partial charge is 0.490 e. The Kier molecular flexibility index (Phi) is 3.52. The number of para-hydroxylation sites is 1. The molecule has 4 rings (SSSR count). The normalized spacial score (nSPS) is 13.2. The molecule has 1 amide bonds. The van der Waals surface area contributed by atoms with E-state index >= 15 is 0 Å². The minimum Gasteiger partial charge on any atom is -0.490 e. The molecule has 6 nitrogen and oxygen atoms in total. The number of rotatable bonds is 4. The van der Waals surface area contributed by atoms with Crippen LogP contribution in [0.2, 0.25) is 0 Å². The lowest BCUT2D eigenvalue weighted by Crippen LogP contribution is -2.15. The second kappa shape index (κ2) is 5.70. The first kappa shape index (κ1) is 14.8. The van der Waals surface area contributed by atoms with Crippen molar-refractivity contribution in [3.05, 3.63) is 41.3 Å². The molecule has 1 aromatic carbocycles. The van der Waals surface area contributed by atoms with Crippen LogP contribution in [0.4, 0.5) is 5.82 Å². The summed E-state index contributed by atoms with van der Waals surface area (Å²) in [5.74, 6) is 1.41. The summed E-state index contributed by atoms with van der Waals surface area (Å²) >= 11 is 0. The molecule has 2 aromatic heterocycles. The summed E-state index contributed by atoms with van der Waals surface area (Å²) in [5, 5.41) is 8.27. The van der Waals surface area contributed by atoms with E-state index in [1.165, 1.54) is 0 Å². The van der Waals surface area contributed by atoms with Gasteiger partial charge in [0.05, 0.1) is 12.3 Å². The van der Waals surface area contributed by atoms with Crippen LogP contribution in [-0.2, 0) is 19.9 Å². The molecule has 0 saturated carbocycles. The van der Waals surface area contributed by atoms with Gasteiger partial charge in [0.25, 0.3) is 5.91 Å². The third kappa shape index (κ3) is 2.35. The number of furan rings is 1. The van der Waals surface area contributed by atoms with Crippen LogP contribution in [0, 0.1) is 0 Å². The maximum absolute atomic E-state index is 12.6. The minimum absolute atomic E-state index is 0.269. The molecular weight excluding hydrogens is 306 g/mol. The fraction of sp³-hybridized carbons (Fsp3) is 0.333. The lowest BCUT2D eigenvalue weighted by Gasteiger charge is -2.06. The molecule has 0 fully saturated rings. The molecule has 0 radical (unpaired) electrons. The van der Waals surface area contributed by atoms with Crippen LogP contribution >= 0.6 is 0 Å². The molecule has 24 heavy (non-hydrogen) atoms. The SMILES string of the molecule is CCOc1cccc2cc(C(=O)Nc3c4c(nn3C)CCC4)oc12. The Morgan fingerprint density at radius 3 is 3.12 bits per heavy atom. The summed E-state index contributed by atoms with van der Waals surface area (Å²) in [7, 11) is 1.85. The highest BCUT2D eigenvalue weighted by Crippen LogP contribution is 2.31. The molecule has 0 atom stereocenters. The number of aryl methyl sites for hydroxylation is 2. The van der Waals surface area contributed by atoms with Crippen LogP contribution in [0.25, 0.3) is 11.0 Å². The lowest BCUT2D eigenvalue weighted by atomic mass is 10.2. The Labute approximate surface area is 139 Å². The van der Waals surface area contributed by atoms with Gasteiger partial charge in [-0.3, -0.25) is 9.48 Å². The van der Waals surface area contributed by atoms with Crippen LogP contribution in [-0.4, -0.2) is 22.3 Å². The molecule has 0 aliphatic heterocycles. The van der Waals surface area contributed by atoms with E-state index < -0.39 is 0 Å². The third-order valence-corrected chi connectivity index (χ3v) is 4.33. The molecule has 0 unspecified atom stereocenters.